The molecule has 0 aromatic carbocycles. The third-order valence-corrected chi connectivity index (χ3v) is 4.82. The molecule has 1 aliphatic rings. The Morgan fingerprint density at radius 3 is 2.52 bits per heavy atom. The van der Waals surface area contributed by atoms with Crippen LogP contribution in [-0.2, 0) is 12.0 Å². The molecule has 1 aliphatic carbocycles. The van der Waals surface area contributed by atoms with Gasteiger partial charge in [-0.05, 0) is 38.0 Å². The Labute approximate surface area is 128 Å². The predicted octanol–water partition coefficient (Wildman–Crippen LogP) is 4.34. The quantitative estimate of drug-likeness (QED) is 0.724. The van der Waals surface area contributed by atoms with Gasteiger partial charge in [0.25, 0.3) is 0 Å². The van der Waals surface area contributed by atoms with E-state index >= 15 is 0 Å². The van der Waals surface area contributed by atoms with Gasteiger partial charge >= 0.3 is 0 Å². The second kappa shape index (κ2) is 7.92. The standard InChI is InChI=1S/C17H31N3O/c1-3-4-5-6-7-8-9-15-19-16(20-21-15)17(18)12-10-14(2)11-13-17/h14H,3-13,18H2,1-2H3. The maximum absolute atomic E-state index is 6.48. The first-order chi connectivity index (χ1) is 10.1. The number of aromatic nitrogens is 2. The summed E-state index contributed by atoms with van der Waals surface area (Å²) in [6.07, 6.45) is 12.9. The Bertz CT molecular complexity index is 408. The zero-order chi connectivity index (χ0) is 15.1. The van der Waals surface area contributed by atoms with E-state index in [0.717, 1.165) is 56.2 Å². The van der Waals surface area contributed by atoms with Gasteiger partial charge in [0.05, 0.1) is 5.54 Å². The van der Waals surface area contributed by atoms with Gasteiger partial charge in [0.15, 0.2) is 5.82 Å². The van der Waals surface area contributed by atoms with Crippen LogP contribution in [0.2, 0.25) is 0 Å². The molecule has 0 atom stereocenters. The van der Waals surface area contributed by atoms with Crippen LogP contribution in [-0.4, -0.2) is 10.1 Å². The van der Waals surface area contributed by atoms with Crippen LogP contribution >= 0.6 is 0 Å². The molecule has 0 amide bonds. The monoisotopic (exact) mass is 293 g/mol. The van der Waals surface area contributed by atoms with Crippen molar-refractivity contribution < 1.29 is 4.52 Å². The Morgan fingerprint density at radius 2 is 1.81 bits per heavy atom. The largest absolute Gasteiger partial charge is 0.339 e. The number of hydrogen-bond donors (Lipinski definition) is 1. The first kappa shape index (κ1) is 16.5. The minimum Gasteiger partial charge on any atom is -0.339 e. The summed E-state index contributed by atoms with van der Waals surface area (Å²) in [6, 6.07) is 0. The minimum atomic E-state index is -0.352. The van der Waals surface area contributed by atoms with E-state index < -0.39 is 0 Å². The highest BCUT2D eigenvalue weighted by molar-refractivity contribution is 5.05. The maximum atomic E-state index is 6.48. The van der Waals surface area contributed by atoms with E-state index in [9.17, 15) is 0 Å². The Morgan fingerprint density at radius 1 is 1.14 bits per heavy atom. The highest BCUT2D eigenvalue weighted by atomic mass is 16.5. The number of nitrogens with zero attached hydrogens (tertiary/aromatic N) is 2. The van der Waals surface area contributed by atoms with E-state index in [1.807, 2.05) is 0 Å². The van der Waals surface area contributed by atoms with E-state index in [2.05, 4.69) is 24.0 Å². The highest BCUT2D eigenvalue weighted by Gasteiger charge is 2.36. The molecule has 0 aliphatic heterocycles. The summed E-state index contributed by atoms with van der Waals surface area (Å²) >= 11 is 0. The van der Waals surface area contributed by atoms with Gasteiger partial charge in [-0.3, -0.25) is 0 Å². The van der Waals surface area contributed by atoms with Crippen molar-refractivity contribution >= 4 is 0 Å². The molecule has 0 radical (unpaired) electrons. The summed E-state index contributed by atoms with van der Waals surface area (Å²) in [5.74, 6) is 2.27. The van der Waals surface area contributed by atoms with Crippen molar-refractivity contribution in [1.29, 1.82) is 0 Å². The average molecular weight is 293 g/mol. The SMILES string of the molecule is CCCCCCCCc1nc(C2(N)CCC(C)CC2)no1. The van der Waals surface area contributed by atoms with E-state index in [1.165, 1.54) is 32.1 Å². The van der Waals surface area contributed by atoms with Crippen molar-refractivity contribution in [3.05, 3.63) is 11.7 Å². The van der Waals surface area contributed by atoms with E-state index in [0.29, 0.717) is 0 Å². The summed E-state index contributed by atoms with van der Waals surface area (Å²) in [5, 5.41) is 4.15. The van der Waals surface area contributed by atoms with Crippen LogP contribution in [0.5, 0.6) is 0 Å². The molecule has 1 fully saturated rings. The van der Waals surface area contributed by atoms with Crippen LogP contribution in [0.1, 0.15) is 89.8 Å². The number of unbranched alkanes of at least 4 members (excludes halogenated alkanes) is 5. The first-order valence-electron chi connectivity index (χ1n) is 8.76. The molecule has 2 rings (SSSR count). The Kier molecular flexibility index (Phi) is 6.22. The van der Waals surface area contributed by atoms with Gasteiger partial charge < -0.3 is 10.3 Å². The molecule has 2 N–H and O–H groups in total. The normalized spacial score (nSPS) is 26.1. The molecule has 21 heavy (non-hydrogen) atoms. The predicted molar refractivity (Wildman–Crippen MR) is 84.9 cm³/mol. The maximum Gasteiger partial charge on any atom is 0.226 e. The van der Waals surface area contributed by atoms with Gasteiger partial charge in [-0.1, -0.05) is 51.1 Å². The van der Waals surface area contributed by atoms with Crippen molar-refractivity contribution in [3.8, 4) is 0 Å². The van der Waals surface area contributed by atoms with Crippen LogP contribution in [0, 0.1) is 5.92 Å². The molecule has 4 nitrogen and oxygen atoms in total. The summed E-state index contributed by atoms with van der Waals surface area (Å²) in [7, 11) is 0. The topological polar surface area (TPSA) is 64.9 Å². The van der Waals surface area contributed by atoms with Gasteiger partial charge in [0.1, 0.15) is 0 Å². The summed E-state index contributed by atoms with van der Waals surface area (Å²) < 4.78 is 5.40. The lowest BCUT2D eigenvalue weighted by Gasteiger charge is -2.33. The third kappa shape index (κ3) is 4.80. The third-order valence-electron chi connectivity index (χ3n) is 4.82. The van der Waals surface area contributed by atoms with Crippen molar-refractivity contribution in [2.45, 2.75) is 90.0 Å². The van der Waals surface area contributed by atoms with Crippen molar-refractivity contribution in [1.82, 2.24) is 10.1 Å². The number of rotatable bonds is 8. The molecule has 1 saturated carbocycles. The lowest BCUT2D eigenvalue weighted by molar-refractivity contribution is 0.230. The smallest absolute Gasteiger partial charge is 0.226 e. The molecule has 1 heterocycles. The molecule has 0 saturated heterocycles. The molecule has 120 valence electrons. The first-order valence-corrected chi connectivity index (χ1v) is 8.76. The van der Waals surface area contributed by atoms with E-state index in [4.69, 9.17) is 10.3 Å². The summed E-state index contributed by atoms with van der Waals surface area (Å²) in [6.45, 7) is 4.54. The van der Waals surface area contributed by atoms with Crippen LogP contribution in [0.15, 0.2) is 4.52 Å². The molecular weight excluding hydrogens is 262 g/mol. The van der Waals surface area contributed by atoms with Crippen molar-refractivity contribution in [2.75, 3.05) is 0 Å². The summed E-state index contributed by atoms with van der Waals surface area (Å²) in [4.78, 5) is 4.56. The van der Waals surface area contributed by atoms with E-state index in [-0.39, 0.29) is 5.54 Å². The molecule has 1 aromatic rings. The van der Waals surface area contributed by atoms with Crippen LogP contribution in [0.25, 0.3) is 0 Å². The molecule has 0 bridgehead atoms. The number of hydrogen-bond acceptors (Lipinski definition) is 4. The fourth-order valence-electron chi connectivity index (χ4n) is 3.12. The molecule has 1 aromatic heterocycles. The number of aryl methyl sites for hydroxylation is 1. The fraction of sp³-hybridized carbons (Fsp3) is 0.882. The van der Waals surface area contributed by atoms with Gasteiger partial charge in [0.2, 0.25) is 5.89 Å². The van der Waals surface area contributed by atoms with Crippen LogP contribution in [0.4, 0.5) is 0 Å². The highest BCUT2D eigenvalue weighted by Crippen LogP contribution is 2.35. The van der Waals surface area contributed by atoms with Gasteiger partial charge in [-0.15, -0.1) is 0 Å². The number of nitrogens with two attached hydrogens (primary N) is 1. The molecular formula is C17H31N3O. The Hall–Kier alpha value is -0.900. The average Bonchev–Trinajstić information content (AvgIpc) is 2.96. The molecule has 0 spiro atoms. The van der Waals surface area contributed by atoms with Crippen LogP contribution in [0.3, 0.4) is 0 Å². The lowest BCUT2D eigenvalue weighted by atomic mass is 9.77. The zero-order valence-corrected chi connectivity index (χ0v) is 13.7. The molecule has 0 unspecified atom stereocenters. The van der Waals surface area contributed by atoms with E-state index in [1.54, 1.807) is 0 Å². The molecule has 4 heteroatoms. The fourth-order valence-corrected chi connectivity index (χ4v) is 3.12. The van der Waals surface area contributed by atoms with Gasteiger partial charge in [-0.2, -0.15) is 4.98 Å². The second-order valence-corrected chi connectivity index (χ2v) is 6.87. The van der Waals surface area contributed by atoms with Gasteiger partial charge in [0, 0.05) is 6.42 Å². The lowest BCUT2D eigenvalue weighted by Crippen LogP contribution is -2.41. The summed E-state index contributed by atoms with van der Waals surface area (Å²) in [5.41, 5.74) is 6.13. The van der Waals surface area contributed by atoms with Gasteiger partial charge in [-0.25, -0.2) is 0 Å². The van der Waals surface area contributed by atoms with Crippen LogP contribution < -0.4 is 5.73 Å². The van der Waals surface area contributed by atoms with Crippen molar-refractivity contribution in [2.24, 2.45) is 11.7 Å². The minimum absolute atomic E-state index is 0.352. The van der Waals surface area contributed by atoms with Crippen molar-refractivity contribution in [3.63, 3.8) is 0 Å². The zero-order valence-electron chi connectivity index (χ0n) is 13.7. The Balaban J connectivity index is 1.76. The second-order valence-electron chi connectivity index (χ2n) is 6.87.